The first-order chi connectivity index (χ1) is 11.2. The molecule has 0 aliphatic carbocycles. The average molecular weight is 371 g/mol. The van der Waals surface area contributed by atoms with Crippen LogP contribution in [0.15, 0.2) is 47.4 Å². The van der Waals surface area contributed by atoms with Gasteiger partial charge in [-0.3, -0.25) is 4.79 Å². The normalized spacial score (nSPS) is 11.5. The Morgan fingerprint density at radius 2 is 1.92 bits per heavy atom. The number of halogens is 2. The van der Waals surface area contributed by atoms with Gasteiger partial charge in [-0.05, 0) is 42.8 Å². The molecule has 5 nitrogen and oxygen atoms in total. The number of anilines is 1. The molecule has 2 aromatic rings. The molecule has 24 heavy (non-hydrogen) atoms. The Balaban J connectivity index is 2.14. The Morgan fingerprint density at radius 1 is 1.25 bits per heavy atom. The molecule has 0 radical (unpaired) electrons. The highest BCUT2D eigenvalue weighted by Gasteiger charge is 2.25. The van der Waals surface area contributed by atoms with Gasteiger partial charge >= 0.3 is 0 Å². The molecule has 1 N–H and O–H groups in total. The Hall–Kier alpha value is -1.96. The van der Waals surface area contributed by atoms with Gasteiger partial charge in [-0.15, -0.1) is 0 Å². The van der Waals surface area contributed by atoms with Crippen LogP contribution < -0.4 is 5.32 Å². The molecule has 2 aromatic carbocycles. The molecule has 0 saturated heterocycles. The van der Waals surface area contributed by atoms with E-state index in [0.717, 1.165) is 16.4 Å². The molecule has 0 bridgehead atoms. The summed E-state index contributed by atoms with van der Waals surface area (Å²) in [6.45, 7) is 1.10. The highest BCUT2D eigenvalue weighted by Crippen LogP contribution is 2.22. The first kappa shape index (κ1) is 18.4. The van der Waals surface area contributed by atoms with Crippen LogP contribution in [-0.4, -0.2) is 32.2 Å². The molecule has 0 aromatic heterocycles. The maximum absolute atomic E-state index is 13.1. The van der Waals surface area contributed by atoms with E-state index in [4.69, 9.17) is 11.6 Å². The monoisotopic (exact) mass is 370 g/mol. The van der Waals surface area contributed by atoms with E-state index in [2.05, 4.69) is 5.32 Å². The minimum Gasteiger partial charge on any atom is -0.324 e. The van der Waals surface area contributed by atoms with Crippen molar-refractivity contribution in [2.75, 3.05) is 18.9 Å². The Labute approximate surface area is 145 Å². The van der Waals surface area contributed by atoms with Crippen LogP contribution in [0.5, 0.6) is 0 Å². The second-order valence-corrected chi connectivity index (χ2v) is 7.62. The SMILES string of the molecule is Cc1cc(F)ccc1S(=O)(=O)N(C)CC(=O)Nc1ccccc1Cl. The summed E-state index contributed by atoms with van der Waals surface area (Å²) in [7, 11) is -2.63. The first-order valence-electron chi connectivity index (χ1n) is 6.98. The van der Waals surface area contributed by atoms with Crippen molar-refractivity contribution in [2.24, 2.45) is 0 Å². The lowest BCUT2D eigenvalue weighted by Gasteiger charge is -2.18. The molecule has 8 heteroatoms. The van der Waals surface area contributed by atoms with Crippen molar-refractivity contribution in [3.63, 3.8) is 0 Å². The molecule has 0 fully saturated rings. The fraction of sp³-hybridized carbons (Fsp3) is 0.188. The number of carbonyl (C=O) groups excluding carboxylic acids is 1. The van der Waals surface area contributed by atoms with Gasteiger partial charge in [-0.1, -0.05) is 23.7 Å². The van der Waals surface area contributed by atoms with Gasteiger partial charge in [0.1, 0.15) is 5.82 Å². The summed E-state index contributed by atoms with van der Waals surface area (Å²) in [6.07, 6.45) is 0. The number of carbonyl (C=O) groups is 1. The quantitative estimate of drug-likeness (QED) is 0.879. The van der Waals surface area contributed by atoms with Crippen molar-refractivity contribution in [1.29, 1.82) is 0 Å². The van der Waals surface area contributed by atoms with Crippen LogP contribution in [0.4, 0.5) is 10.1 Å². The number of benzene rings is 2. The molecule has 1 amide bonds. The Kier molecular flexibility index (Phi) is 5.58. The molecular weight excluding hydrogens is 355 g/mol. The molecule has 0 aliphatic rings. The summed E-state index contributed by atoms with van der Waals surface area (Å²) >= 11 is 5.94. The zero-order valence-electron chi connectivity index (χ0n) is 13.1. The number of nitrogens with one attached hydrogen (secondary N) is 1. The number of para-hydroxylation sites is 1. The molecule has 0 aliphatic heterocycles. The Bertz CT molecular complexity index is 871. The van der Waals surface area contributed by atoms with Crippen LogP contribution >= 0.6 is 11.6 Å². The van der Waals surface area contributed by atoms with E-state index in [9.17, 15) is 17.6 Å². The van der Waals surface area contributed by atoms with E-state index < -0.39 is 28.3 Å². The number of amides is 1. The molecular formula is C16H16ClFN2O3S. The van der Waals surface area contributed by atoms with Crippen molar-refractivity contribution in [1.82, 2.24) is 4.31 Å². The fourth-order valence-electron chi connectivity index (χ4n) is 2.11. The fourth-order valence-corrected chi connectivity index (χ4v) is 3.62. The lowest BCUT2D eigenvalue weighted by atomic mass is 10.2. The lowest BCUT2D eigenvalue weighted by molar-refractivity contribution is -0.116. The van der Waals surface area contributed by atoms with E-state index in [-0.39, 0.29) is 10.5 Å². The van der Waals surface area contributed by atoms with Crippen LogP contribution in [0.25, 0.3) is 0 Å². The molecule has 2 rings (SSSR count). The molecule has 0 unspecified atom stereocenters. The predicted octanol–water partition coefficient (Wildman–Crippen LogP) is 3.05. The lowest BCUT2D eigenvalue weighted by Crippen LogP contribution is -2.35. The number of aryl methyl sites for hydroxylation is 1. The topological polar surface area (TPSA) is 66.5 Å². The van der Waals surface area contributed by atoms with Gasteiger partial charge < -0.3 is 5.32 Å². The zero-order chi connectivity index (χ0) is 17.9. The summed E-state index contributed by atoms with van der Waals surface area (Å²) in [4.78, 5) is 12.0. The van der Waals surface area contributed by atoms with Crippen molar-refractivity contribution in [2.45, 2.75) is 11.8 Å². The third-order valence-corrected chi connectivity index (χ3v) is 5.63. The van der Waals surface area contributed by atoms with E-state index in [1.54, 1.807) is 24.3 Å². The smallest absolute Gasteiger partial charge is 0.243 e. The summed E-state index contributed by atoms with van der Waals surface area (Å²) in [5.74, 6) is -1.06. The third-order valence-electron chi connectivity index (χ3n) is 3.34. The second kappa shape index (κ2) is 7.29. The summed E-state index contributed by atoms with van der Waals surface area (Å²) in [5.41, 5.74) is 0.668. The van der Waals surface area contributed by atoms with Gasteiger partial charge in [-0.2, -0.15) is 4.31 Å². The van der Waals surface area contributed by atoms with E-state index in [1.165, 1.54) is 20.0 Å². The second-order valence-electron chi connectivity index (χ2n) is 5.20. The van der Waals surface area contributed by atoms with E-state index >= 15 is 0 Å². The van der Waals surface area contributed by atoms with Crippen molar-refractivity contribution in [3.8, 4) is 0 Å². The maximum atomic E-state index is 13.1. The average Bonchev–Trinajstić information content (AvgIpc) is 2.49. The number of hydrogen-bond acceptors (Lipinski definition) is 3. The van der Waals surface area contributed by atoms with Gasteiger partial charge in [0, 0.05) is 7.05 Å². The molecule has 0 atom stereocenters. The van der Waals surface area contributed by atoms with Crippen LogP contribution in [0.2, 0.25) is 5.02 Å². The van der Waals surface area contributed by atoms with Crippen LogP contribution in [0, 0.1) is 12.7 Å². The van der Waals surface area contributed by atoms with Gasteiger partial charge in [0.15, 0.2) is 0 Å². The summed E-state index contributed by atoms with van der Waals surface area (Å²) < 4.78 is 39.1. The summed E-state index contributed by atoms with van der Waals surface area (Å²) in [5, 5.41) is 2.90. The van der Waals surface area contributed by atoms with Crippen LogP contribution in [0.1, 0.15) is 5.56 Å². The van der Waals surface area contributed by atoms with E-state index in [1.807, 2.05) is 0 Å². The van der Waals surface area contributed by atoms with Crippen molar-refractivity contribution >= 4 is 33.2 Å². The number of rotatable bonds is 5. The first-order valence-corrected chi connectivity index (χ1v) is 8.80. The molecule has 0 heterocycles. The molecule has 0 spiro atoms. The Morgan fingerprint density at radius 3 is 2.54 bits per heavy atom. The number of sulfonamides is 1. The van der Waals surface area contributed by atoms with Crippen LogP contribution in [0.3, 0.4) is 0 Å². The van der Waals surface area contributed by atoms with Gasteiger partial charge in [0.05, 0.1) is 22.2 Å². The minimum absolute atomic E-state index is 0.0445. The maximum Gasteiger partial charge on any atom is 0.243 e. The van der Waals surface area contributed by atoms with Crippen molar-refractivity contribution in [3.05, 3.63) is 58.9 Å². The van der Waals surface area contributed by atoms with Gasteiger partial charge in [0.2, 0.25) is 15.9 Å². The minimum atomic E-state index is -3.91. The standard InChI is InChI=1S/C16H16ClFN2O3S/c1-11-9-12(18)7-8-15(11)24(22,23)20(2)10-16(21)19-14-6-4-3-5-13(14)17/h3-9H,10H2,1-2H3,(H,19,21). The van der Waals surface area contributed by atoms with Crippen LogP contribution in [-0.2, 0) is 14.8 Å². The summed E-state index contributed by atoms with van der Waals surface area (Å²) in [6, 6.07) is 10.0. The zero-order valence-corrected chi connectivity index (χ0v) is 14.7. The predicted molar refractivity (Wildman–Crippen MR) is 91.0 cm³/mol. The third kappa shape index (κ3) is 4.11. The van der Waals surface area contributed by atoms with Gasteiger partial charge in [0.25, 0.3) is 0 Å². The highest BCUT2D eigenvalue weighted by molar-refractivity contribution is 7.89. The van der Waals surface area contributed by atoms with E-state index in [0.29, 0.717) is 10.7 Å². The molecule has 0 saturated carbocycles. The van der Waals surface area contributed by atoms with Gasteiger partial charge in [-0.25, -0.2) is 12.8 Å². The highest BCUT2D eigenvalue weighted by atomic mass is 35.5. The largest absolute Gasteiger partial charge is 0.324 e. The number of likely N-dealkylation sites (N-methyl/N-ethyl adjacent to an activating group) is 1. The molecule has 128 valence electrons. The van der Waals surface area contributed by atoms with Crippen molar-refractivity contribution < 1.29 is 17.6 Å². The number of hydrogen-bond donors (Lipinski definition) is 1. The number of nitrogens with zero attached hydrogens (tertiary/aromatic N) is 1.